The second-order valence-electron chi connectivity index (χ2n) is 7.38. The van der Waals surface area contributed by atoms with Crippen molar-refractivity contribution < 1.29 is 23.1 Å². The van der Waals surface area contributed by atoms with Gasteiger partial charge in [0.05, 0.1) is 24.3 Å². The Hall–Kier alpha value is -2.82. The zero-order chi connectivity index (χ0) is 26.3. The predicted molar refractivity (Wildman–Crippen MR) is 141 cm³/mol. The quantitative estimate of drug-likeness (QED) is 0.261. The van der Waals surface area contributed by atoms with Crippen LogP contribution in [0.3, 0.4) is 0 Å². The molecule has 0 spiro atoms. The summed E-state index contributed by atoms with van der Waals surface area (Å²) in [4.78, 5) is 12.6. The van der Waals surface area contributed by atoms with Crippen molar-refractivity contribution in [3.8, 4) is 11.5 Å². The van der Waals surface area contributed by atoms with Crippen LogP contribution in [0.1, 0.15) is 18.1 Å². The van der Waals surface area contributed by atoms with E-state index >= 15 is 0 Å². The summed E-state index contributed by atoms with van der Waals surface area (Å²) in [5.74, 6) is -0.459. The van der Waals surface area contributed by atoms with Gasteiger partial charge in [0.25, 0.3) is 5.91 Å². The van der Waals surface area contributed by atoms with Crippen LogP contribution in [-0.4, -0.2) is 43.1 Å². The molecule has 0 saturated carbocycles. The number of hydrazone groups is 1. The fourth-order valence-electron chi connectivity index (χ4n) is 3.10. The minimum atomic E-state index is -4.14. The third kappa shape index (κ3) is 7.11. The number of nitrogens with zero attached hydrogens (tertiary/aromatic N) is 2. The molecule has 0 saturated heterocycles. The molecule has 36 heavy (non-hydrogen) atoms. The molecule has 0 unspecified atom stereocenters. The van der Waals surface area contributed by atoms with Gasteiger partial charge in [-0.15, -0.1) is 0 Å². The summed E-state index contributed by atoms with van der Waals surface area (Å²) in [6.45, 7) is 1.32. The molecule has 0 radical (unpaired) electrons. The molecule has 8 nitrogen and oxygen atoms in total. The highest BCUT2D eigenvalue weighted by Gasteiger charge is 2.28. The van der Waals surface area contributed by atoms with Crippen LogP contribution in [-0.2, 0) is 21.4 Å². The van der Waals surface area contributed by atoms with Crippen LogP contribution in [0.2, 0.25) is 15.1 Å². The molecule has 0 aromatic heterocycles. The number of benzene rings is 3. The third-order valence-electron chi connectivity index (χ3n) is 4.85. The number of phenolic OH excluding ortho intramolecular Hbond substituents is 1. The van der Waals surface area contributed by atoms with Crippen LogP contribution in [0, 0.1) is 0 Å². The number of hydrogen-bond donors (Lipinski definition) is 2. The van der Waals surface area contributed by atoms with Crippen molar-refractivity contribution in [3.63, 3.8) is 0 Å². The second-order valence-corrected chi connectivity index (χ2v) is 10.6. The van der Waals surface area contributed by atoms with Gasteiger partial charge in [-0.3, -0.25) is 4.79 Å². The summed E-state index contributed by atoms with van der Waals surface area (Å²) < 4.78 is 33.0. The summed E-state index contributed by atoms with van der Waals surface area (Å²) in [5, 5.41) is 14.6. The molecule has 2 N–H and O–H groups in total. The van der Waals surface area contributed by atoms with Gasteiger partial charge in [-0.05, 0) is 67.1 Å². The van der Waals surface area contributed by atoms with Gasteiger partial charge in [-0.25, -0.2) is 13.8 Å². The Labute approximate surface area is 224 Å². The number of aromatic hydroxyl groups is 1. The topological polar surface area (TPSA) is 108 Å². The van der Waals surface area contributed by atoms with E-state index in [9.17, 15) is 18.3 Å². The molecule has 0 aliphatic heterocycles. The van der Waals surface area contributed by atoms with Crippen molar-refractivity contribution >= 4 is 56.9 Å². The average Bonchev–Trinajstić information content (AvgIpc) is 2.83. The smallest absolute Gasteiger partial charge is 0.255 e. The number of hydrogen-bond acceptors (Lipinski definition) is 6. The standard InChI is InChI=1S/C24H22Cl3N3O5S/c1-2-35-23-12-16(6-11-22(23)31)13-28-29-24(32)15-30(14-19-20(26)4-3-5-21(19)27)36(33,34)18-9-7-17(25)8-10-18/h3-13,31H,2,14-15H2,1H3,(H,29,32)/b28-13-. The van der Waals surface area contributed by atoms with Gasteiger partial charge in [-0.1, -0.05) is 40.9 Å². The van der Waals surface area contributed by atoms with Gasteiger partial charge in [0.2, 0.25) is 10.0 Å². The number of sulfonamides is 1. The van der Waals surface area contributed by atoms with Crippen LogP contribution in [0.25, 0.3) is 0 Å². The predicted octanol–water partition coefficient (Wildman–Crippen LogP) is 5.09. The minimum Gasteiger partial charge on any atom is -0.504 e. The van der Waals surface area contributed by atoms with Crippen molar-refractivity contribution in [2.45, 2.75) is 18.4 Å². The molecule has 0 aliphatic rings. The van der Waals surface area contributed by atoms with Crippen molar-refractivity contribution in [2.24, 2.45) is 5.10 Å². The number of carbonyl (C=O) groups excluding carboxylic acids is 1. The summed E-state index contributed by atoms with van der Waals surface area (Å²) >= 11 is 18.4. The van der Waals surface area contributed by atoms with Crippen LogP contribution in [0.4, 0.5) is 0 Å². The number of carbonyl (C=O) groups is 1. The van der Waals surface area contributed by atoms with Crippen molar-refractivity contribution in [1.29, 1.82) is 0 Å². The molecule has 12 heteroatoms. The Bertz CT molecular complexity index is 1350. The number of phenols is 1. The van der Waals surface area contributed by atoms with E-state index in [0.717, 1.165) is 4.31 Å². The monoisotopic (exact) mass is 569 g/mol. The Morgan fingerprint density at radius 2 is 1.75 bits per heavy atom. The van der Waals surface area contributed by atoms with Crippen LogP contribution in [0.15, 0.2) is 70.7 Å². The largest absolute Gasteiger partial charge is 0.504 e. The Balaban J connectivity index is 1.82. The highest BCUT2D eigenvalue weighted by atomic mass is 35.5. The fraction of sp³-hybridized carbons (Fsp3) is 0.167. The van der Waals surface area contributed by atoms with E-state index in [1.54, 1.807) is 37.3 Å². The summed E-state index contributed by atoms with van der Waals surface area (Å²) in [5.41, 5.74) is 3.20. The van der Waals surface area contributed by atoms with Gasteiger partial charge in [0, 0.05) is 27.2 Å². The molecule has 190 valence electrons. The zero-order valence-corrected chi connectivity index (χ0v) is 22.1. The number of nitrogens with one attached hydrogen (secondary N) is 1. The number of amides is 1. The van der Waals surface area contributed by atoms with Gasteiger partial charge in [0.1, 0.15) is 0 Å². The maximum absolute atomic E-state index is 13.4. The number of rotatable bonds is 10. The molecule has 3 aromatic rings. The molecule has 0 bridgehead atoms. The Morgan fingerprint density at radius 1 is 1.08 bits per heavy atom. The summed E-state index contributed by atoms with van der Waals surface area (Å²) in [6, 6.07) is 14.9. The molecule has 0 heterocycles. The van der Waals surface area contributed by atoms with Gasteiger partial charge >= 0.3 is 0 Å². The van der Waals surface area contributed by atoms with E-state index < -0.39 is 22.5 Å². The van der Waals surface area contributed by atoms with E-state index in [1.807, 2.05) is 0 Å². The second kappa shape index (κ2) is 12.4. The SMILES string of the molecule is CCOc1cc(/C=N\NC(=O)CN(Cc2c(Cl)cccc2Cl)S(=O)(=O)c2ccc(Cl)cc2)ccc1O. The number of halogens is 3. The van der Waals surface area contributed by atoms with Gasteiger partial charge in [-0.2, -0.15) is 9.41 Å². The number of ether oxygens (including phenoxy) is 1. The molecular formula is C24H22Cl3N3O5S. The third-order valence-corrected chi connectivity index (χ3v) is 7.62. The lowest BCUT2D eigenvalue weighted by Crippen LogP contribution is -2.39. The van der Waals surface area contributed by atoms with Crippen molar-refractivity contribution in [3.05, 3.63) is 86.9 Å². The molecule has 0 fully saturated rings. The van der Waals surface area contributed by atoms with Crippen LogP contribution < -0.4 is 10.2 Å². The maximum atomic E-state index is 13.4. The van der Waals surface area contributed by atoms with Crippen molar-refractivity contribution in [2.75, 3.05) is 13.2 Å². The first-order valence-corrected chi connectivity index (χ1v) is 13.2. The first-order valence-electron chi connectivity index (χ1n) is 10.6. The van der Waals surface area contributed by atoms with E-state index in [4.69, 9.17) is 39.5 Å². The molecular weight excluding hydrogens is 549 g/mol. The van der Waals surface area contributed by atoms with Crippen molar-refractivity contribution in [1.82, 2.24) is 9.73 Å². The molecule has 0 aliphatic carbocycles. The average molecular weight is 571 g/mol. The zero-order valence-electron chi connectivity index (χ0n) is 19.0. The summed E-state index contributed by atoms with van der Waals surface area (Å²) in [6.07, 6.45) is 1.34. The lowest BCUT2D eigenvalue weighted by atomic mass is 10.2. The Kier molecular flexibility index (Phi) is 9.58. The Morgan fingerprint density at radius 3 is 2.39 bits per heavy atom. The first-order chi connectivity index (χ1) is 17.1. The van der Waals surface area contributed by atoms with E-state index in [-0.39, 0.29) is 33.0 Å². The van der Waals surface area contributed by atoms with E-state index in [1.165, 1.54) is 36.5 Å². The van der Waals surface area contributed by atoms with E-state index in [2.05, 4.69) is 10.5 Å². The summed E-state index contributed by atoms with van der Waals surface area (Å²) in [7, 11) is -4.14. The van der Waals surface area contributed by atoms with Crippen LogP contribution in [0.5, 0.6) is 11.5 Å². The van der Waals surface area contributed by atoms with Crippen LogP contribution >= 0.6 is 34.8 Å². The molecule has 3 rings (SSSR count). The van der Waals surface area contributed by atoms with Gasteiger partial charge in [0.15, 0.2) is 11.5 Å². The first kappa shape index (κ1) is 27.8. The fourth-order valence-corrected chi connectivity index (χ4v) is 5.11. The molecule has 1 amide bonds. The minimum absolute atomic E-state index is 0.0284. The normalized spacial score (nSPS) is 11.7. The highest BCUT2D eigenvalue weighted by Crippen LogP contribution is 2.29. The highest BCUT2D eigenvalue weighted by molar-refractivity contribution is 7.89. The van der Waals surface area contributed by atoms with Gasteiger partial charge < -0.3 is 9.84 Å². The molecule has 3 aromatic carbocycles. The molecule has 0 atom stereocenters. The maximum Gasteiger partial charge on any atom is 0.255 e. The lowest BCUT2D eigenvalue weighted by Gasteiger charge is -2.22. The lowest BCUT2D eigenvalue weighted by molar-refractivity contribution is -0.121. The van der Waals surface area contributed by atoms with E-state index in [0.29, 0.717) is 22.8 Å².